The van der Waals surface area contributed by atoms with E-state index < -0.39 is 0 Å². The van der Waals surface area contributed by atoms with Crippen molar-refractivity contribution in [3.8, 4) is 5.69 Å². The second-order valence-corrected chi connectivity index (χ2v) is 7.22. The van der Waals surface area contributed by atoms with Crippen LogP contribution in [0, 0.1) is 13.8 Å². The van der Waals surface area contributed by atoms with Gasteiger partial charge in [-0.1, -0.05) is 17.7 Å². The van der Waals surface area contributed by atoms with Crippen molar-refractivity contribution in [2.24, 2.45) is 0 Å². The van der Waals surface area contributed by atoms with Crippen molar-refractivity contribution >= 4 is 11.7 Å². The minimum Gasteiger partial charge on any atom is -0.332 e. The Morgan fingerprint density at radius 2 is 1.90 bits per heavy atom. The maximum Gasteiger partial charge on any atom is 0.256 e. The molecular formula is C21H24N6O2. The smallest absolute Gasteiger partial charge is 0.256 e. The summed E-state index contributed by atoms with van der Waals surface area (Å²) in [6.07, 6.45) is 3.20. The molecule has 1 aliphatic heterocycles. The van der Waals surface area contributed by atoms with E-state index in [2.05, 4.69) is 15.2 Å². The Balaban J connectivity index is 1.60. The van der Waals surface area contributed by atoms with E-state index in [-0.39, 0.29) is 11.9 Å². The van der Waals surface area contributed by atoms with Crippen molar-refractivity contribution in [2.75, 3.05) is 24.8 Å². The lowest BCUT2D eigenvalue weighted by Crippen LogP contribution is -2.41. The summed E-state index contributed by atoms with van der Waals surface area (Å²) in [4.78, 5) is 27.3. The lowest BCUT2D eigenvalue weighted by atomic mass is 10.1. The quantitative estimate of drug-likeness (QED) is 0.682. The van der Waals surface area contributed by atoms with Crippen LogP contribution < -0.4 is 5.06 Å². The standard InChI is InChI=1S/C21H24N6O2/c1-15-7-8-19(27-22-9-10-23-27)18(13-15)21(28)25-11-12-26(29-14-17(25)3)20-6-4-5-16(2)24-20/h4-10,13,17H,11-12,14H2,1-3H3/t17-/m1/s1. The van der Waals surface area contributed by atoms with E-state index in [4.69, 9.17) is 4.84 Å². The van der Waals surface area contributed by atoms with E-state index in [0.29, 0.717) is 30.9 Å². The van der Waals surface area contributed by atoms with Crippen LogP contribution in [-0.2, 0) is 4.84 Å². The fraction of sp³-hybridized carbons (Fsp3) is 0.333. The molecule has 1 saturated heterocycles. The first-order valence-electron chi connectivity index (χ1n) is 9.65. The van der Waals surface area contributed by atoms with Crippen LogP contribution in [0.1, 0.15) is 28.5 Å². The molecule has 0 aliphatic carbocycles. The molecule has 3 aromatic rings. The van der Waals surface area contributed by atoms with Gasteiger partial charge in [-0.2, -0.15) is 15.0 Å². The molecule has 150 valence electrons. The first-order chi connectivity index (χ1) is 14.0. The van der Waals surface area contributed by atoms with Crippen molar-refractivity contribution in [1.29, 1.82) is 0 Å². The number of carbonyl (C=O) groups excluding carboxylic acids is 1. The van der Waals surface area contributed by atoms with Gasteiger partial charge in [0.1, 0.15) is 0 Å². The number of hydrogen-bond donors (Lipinski definition) is 0. The van der Waals surface area contributed by atoms with Crippen molar-refractivity contribution < 1.29 is 9.63 Å². The SMILES string of the molecule is Cc1ccc(-n2nccn2)c(C(=O)N2CCN(c3cccc(C)n3)OC[C@H]2C)c1. The predicted octanol–water partition coefficient (Wildman–Crippen LogP) is 2.56. The third-order valence-electron chi connectivity index (χ3n) is 4.95. The van der Waals surface area contributed by atoms with E-state index >= 15 is 0 Å². The zero-order valence-electron chi connectivity index (χ0n) is 16.8. The van der Waals surface area contributed by atoms with E-state index in [0.717, 1.165) is 17.1 Å². The van der Waals surface area contributed by atoms with Gasteiger partial charge < -0.3 is 4.90 Å². The molecule has 0 unspecified atom stereocenters. The number of benzene rings is 1. The Morgan fingerprint density at radius 1 is 1.10 bits per heavy atom. The van der Waals surface area contributed by atoms with Crippen LogP contribution in [0.15, 0.2) is 48.8 Å². The third kappa shape index (κ3) is 3.97. The number of hydroxylamine groups is 1. The molecule has 0 N–H and O–H groups in total. The molecule has 1 fully saturated rings. The maximum absolute atomic E-state index is 13.5. The lowest BCUT2D eigenvalue weighted by Gasteiger charge is -2.26. The molecule has 8 nitrogen and oxygen atoms in total. The normalized spacial score (nSPS) is 17.3. The Bertz CT molecular complexity index is 1000. The molecule has 1 aliphatic rings. The van der Waals surface area contributed by atoms with E-state index in [9.17, 15) is 4.79 Å². The average molecular weight is 392 g/mol. The van der Waals surface area contributed by atoms with Gasteiger partial charge in [-0.25, -0.2) is 10.0 Å². The zero-order chi connectivity index (χ0) is 20.4. The summed E-state index contributed by atoms with van der Waals surface area (Å²) in [6.45, 7) is 7.36. The fourth-order valence-electron chi connectivity index (χ4n) is 3.41. The van der Waals surface area contributed by atoms with Crippen LogP contribution in [-0.4, -0.2) is 56.5 Å². The van der Waals surface area contributed by atoms with Crippen LogP contribution >= 0.6 is 0 Å². The number of carbonyl (C=O) groups is 1. The zero-order valence-corrected chi connectivity index (χ0v) is 16.8. The van der Waals surface area contributed by atoms with Gasteiger partial charge in [-0.3, -0.25) is 9.63 Å². The lowest BCUT2D eigenvalue weighted by molar-refractivity contribution is 0.0599. The van der Waals surface area contributed by atoms with Crippen molar-refractivity contribution in [3.63, 3.8) is 0 Å². The summed E-state index contributed by atoms with van der Waals surface area (Å²) in [5.74, 6) is 0.694. The number of rotatable bonds is 3. The van der Waals surface area contributed by atoms with Gasteiger partial charge in [0.05, 0.1) is 42.8 Å². The Hall–Kier alpha value is -3.26. The van der Waals surface area contributed by atoms with E-state index in [1.165, 1.54) is 4.80 Å². The summed E-state index contributed by atoms with van der Waals surface area (Å²) in [5, 5.41) is 10.2. The van der Waals surface area contributed by atoms with Gasteiger partial charge in [0.15, 0.2) is 5.82 Å². The highest BCUT2D eigenvalue weighted by Crippen LogP contribution is 2.21. The van der Waals surface area contributed by atoms with E-state index in [1.54, 1.807) is 17.5 Å². The minimum absolute atomic E-state index is 0.0591. The van der Waals surface area contributed by atoms with Crippen LogP contribution in [0.4, 0.5) is 5.82 Å². The van der Waals surface area contributed by atoms with Gasteiger partial charge in [0.2, 0.25) is 0 Å². The highest BCUT2D eigenvalue weighted by molar-refractivity contribution is 5.98. The highest BCUT2D eigenvalue weighted by atomic mass is 16.7. The largest absolute Gasteiger partial charge is 0.332 e. The summed E-state index contributed by atoms with van der Waals surface area (Å²) in [7, 11) is 0. The summed E-state index contributed by atoms with van der Waals surface area (Å²) in [5.41, 5.74) is 3.18. The molecule has 0 spiro atoms. The number of pyridine rings is 1. The summed E-state index contributed by atoms with van der Waals surface area (Å²) < 4.78 is 0. The van der Waals surface area contributed by atoms with Gasteiger partial charge in [0, 0.05) is 12.2 Å². The number of anilines is 1. The molecule has 0 bridgehead atoms. The maximum atomic E-state index is 13.5. The van der Waals surface area contributed by atoms with Crippen LogP contribution in [0.3, 0.4) is 0 Å². The van der Waals surface area contributed by atoms with Crippen LogP contribution in [0.25, 0.3) is 5.69 Å². The van der Waals surface area contributed by atoms with Gasteiger partial charge >= 0.3 is 0 Å². The van der Waals surface area contributed by atoms with Gasteiger partial charge in [-0.15, -0.1) is 0 Å². The van der Waals surface area contributed by atoms with Crippen molar-refractivity contribution in [2.45, 2.75) is 26.8 Å². The molecule has 29 heavy (non-hydrogen) atoms. The monoisotopic (exact) mass is 392 g/mol. The summed E-state index contributed by atoms with van der Waals surface area (Å²) >= 11 is 0. The number of aromatic nitrogens is 4. The van der Waals surface area contributed by atoms with Gasteiger partial charge in [0.25, 0.3) is 5.91 Å². The number of nitrogens with zero attached hydrogens (tertiary/aromatic N) is 6. The highest BCUT2D eigenvalue weighted by Gasteiger charge is 2.29. The predicted molar refractivity (Wildman–Crippen MR) is 109 cm³/mol. The second-order valence-electron chi connectivity index (χ2n) is 7.22. The molecular weight excluding hydrogens is 368 g/mol. The van der Waals surface area contributed by atoms with Crippen LogP contribution in [0.2, 0.25) is 0 Å². The Morgan fingerprint density at radius 3 is 2.66 bits per heavy atom. The number of aryl methyl sites for hydroxylation is 2. The molecule has 3 heterocycles. The first kappa shape index (κ1) is 19.1. The molecule has 1 atom stereocenters. The molecule has 4 rings (SSSR count). The fourth-order valence-corrected chi connectivity index (χ4v) is 3.41. The molecule has 0 saturated carbocycles. The second kappa shape index (κ2) is 8.00. The molecule has 2 aromatic heterocycles. The molecule has 1 aromatic carbocycles. The molecule has 1 amide bonds. The molecule has 0 radical (unpaired) electrons. The average Bonchev–Trinajstić information content (AvgIpc) is 3.17. The third-order valence-corrected chi connectivity index (χ3v) is 4.95. The van der Waals surface area contributed by atoms with Gasteiger partial charge in [-0.05, 0) is 45.0 Å². The topological polar surface area (TPSA) is 76.4 Å². The number of hydrogen-bond acceptors (Lipinski definition) is 6. The molecule has 8 heteroatoms. The van der Waals surface area contributed by atoms with Crippen LogP contribution in [0.5, 0.6) is 0 Å². The van der Waals surface area contributed by atoms with E-state index in [1.807, 2.05) is 62.1 Å². The van der Waals surface area contributed by atoms with Crippen molar-refractivity contribution in [3.05, 3.63) is 65.6 Å². The van der Waals surface area contributed by atoms with Crippen molar-refractivity contribution in [1.82, 2.24) is 24.9 Å². The minimum atomic E-state index is -0.0868. The Kier molecular flexibility index (Phi) is 5.26. The summed E-state index contributed by atoms with van der Waals surface area (Å²) in [6, 6.07) is 11.4. The number of amides is 1. The first-order valence-corrected chi connectivity index (χ1v) is 9.65. The Labute approximate surface area is 169 Å².